The van der Waals surface area contributed by atoms with Gasteiger partial charge in [0.15, 0.2) is 11.0 Å². The summed E-state index contributed by atoms with van der Waals surface area (Å²) >= 11 is 1.42. The summed E-state index contributed by atoms with van der Waals surface area (Å²) < 4.78 is 7.44. The first kappa shape index (κ1) is 21.4. The summed E-state index contributed by atoms with van der Waals surface area (Å²) in [6, 6.07) is 23.6. The molecule has 1 unspecified atom stereocenters. The molecular formula is C25H23N5O2S. The predicted octanol–water partition coefficient (Wildman–Crippen LogP) is 4.02. The van der Waals surface area contributed by atoms with Gasteiger partial charge in [0.25, 0.3) is 0 Å². The predicted molar refractivity (Wildman–Crippen MR) is 127 cm³/mol. The molecule has 0 N–H and O–H groups in total. The van der Waals surface area contributed by atoms with Crippen molar-refractivity contribution in [2.24, 2.45) is 0 Å². The molecule has 33 heavy (non-hydrogen) atoms. The van der Waals surface area contributed by atoms with Crippen molar-refractivity contribution in [3.05, 3.63) is 90.8 Å². The van der Waals surface area contributed by atoms with E-state index >= 15 is 0 Å². The average Bonchev–Trinajstić information content (AvgIpc) is 3.32. The molecule has 1 atom stereocenters. The fraction of sp³-hybridized carbons (Fsp3) is 0.200. The summed E-state index contributed by atoms with van der Waals surface area (Å²) in [6.45, 7) is 2.30. The summed E-state index contributed by atoms with van der Waals surface area (Å²) in [5, 5.41) is 9.21. The van der Waals surface area contributed by atoms with Crippen LogP contribution in [0.25, 0.3) is 17.1 Å². The number of thioether (sulfide) groups is 1. The van der Waals surface area contributed by atoms with Crippen LogP contribution in [0, 0.1) is 0 Å². The third-order valence-electron chi connectivity index (χ3n) is 5.44. The number of carbonyl (C=O) groups excluding carboxylic acids is 1. The van der Waals surface area contributed by atoms with Crippen molar-refractivity contribution in [2.75, 3.05) is 26.3 Å². The molecule has 3 heterocycles. The number of benzene rings is 2. The fourth-order valence-electron chi connectivity index (χ4n) is 3.78. The summed E-state index contributed by atoms with van der Waals surface area (Å²) in [4.78, 5) is 19.7. The normalized spacial score (nSPS) is 14.7. The highest BCUT2D eigenvalue weighted by atomic mass is 32.2. The van der Waals surface area contributed by atoms with Crippen molar-refractivity contribution in [1.82, 2.24) is 24.6 Å². The summed E-state index contributed by atoms with van der Waals surface area (Å²) in [5.74, 6) is 0.738. The minimum Gasteiger partial charge on any atom is -0.378 e. The molecule has 0 spiro atoms. The molecule has 2 aromatic heterocycles. The van der Waals surface area contributed by atoms with E-state index in [1.54, 1.807) is 12.4 Å². The van der Waals surface area contributed by atoms with Crippen LogP contribution in [0.1, 0.15) is 10.8 Å². The van der Waals surface area contributed by atoms with Crippen LogP contribution in [0.2, 0.25) is 0 Å². The molecule has 166 valence electrons. The lowest BCUT2D eigenvalue weighted by molar-refractivity contribution is -0.134. The Labute approximate surface area is 196 Å². The Morgan fingerprint density at radius 1 is 0.909 bits per heavy atom. The largest absolute Gasteiger partial charge is 0.378 e. The lowest BCUT2D eigenvalue weighted by Gasteiger charge is -2.30. The number of aromatic nitrogens is 4. The van der Waals surface area contributed by atoms with Gasteiger partial charge < -0.3 is 9.64 Å². The van der Waals surface area contributed by atoms with Crippen LogP contribution in [-0.2, 0) is 9.53 Å². The average molecular weight is 458 g/mol. The zero-order valence-electron chi connectivity index (χ0n) is 17.9. The highest BCUT2D eigenvalue weighted by Crippen LogP contribution is 2.38. The van der Waals surface area contributed by atoms with Crippen molar-refractivity contribution < 1.29 is 9.53 Å². The smallest absolute Gasteiger partial charge is 0.240 e. The van der Waals surface area contributed by atoms with Gasteiger partial charge in [-0.1, -0.05) is 60.3 Å². The number of hydrogen-bond donors (Lipinski definition) is 0. The maximum absolute atomic E-state index is 13.6. The van der Waals surface area contributed by atoms with E-state index in [-0.39, 0.29) is 5.91 Å². The van der Waals surface area contributed by atoms with E-state index in [9.17, 15) is 4.79 Å². The van der Waals surface area contributed by atoms with Crippen LogP contribution in [0.15, 0.2) is 90.3 Å². The van der Waals surface area contributed by atoms with Crippen LogP contribution in [0.4, 0.5) is 0 Å². The molecule has 1 aliphatic rings. The molecule has 1 saturated heterocycles. The number of ether oxygens (including phenoxy) is 1. The van der Waals surface area contributed by atoms with Crippen molar-refractivity contribution in [1.29, 1.82) is 0 Å². The first-order valence-corrected chi connectivity index (χ1v) is 11.7. The molecular weight excluding hydrogens is 434 g/mol. The molecule has 1 aliphatic heterocycles. The Morgan fingerprint density at radius 2 is 1.64 bits per heavy atom. The van der Waals surface area contributed by atoms with Crippen LogP contribution in [0.5, 0.6) is 0 Å². The van der Waals surface area contributed by atoms with Crippen molar-refractivity contribution in [3.63, 3.8) is 0 Å². The molecule has 0 aliphatic carbocycles. The number of carbonyl (C=O) groups is 1. The third-order valence-corrected chi connectivity index (χ3v) is 6.62. The Kier molecular flexibility index (Phi) is 6.46. The molecule has 2 aromatic carbocycles. The van der Waals surface area contributed by atoms with Crippen molar-refractivity contribution in [2.45, 2.75) is 10.4 Å². The van der Waals surface area contributed by atoms with E-state index in [4.69, 9.17) is 4.74 Å². The third kappa shape index (κ3) is 4.67. The van der Waals surface area contributed by atoms with Crippen LogP contribution in [0.3, 0.4) is 0 Å². The molecule has 1 fully saturated rings. The number of rotatable bonds is 6. The van der Waals surface area contributed by atoms with Gasteiger partial charge >= 0.3 is 0 Å². The van der Waals surface area contributed by atoms with E-state index in [2.05, 4.69) is 15.2 Å². The molecule has 1 amide bonds. The molecule has 0 radical (unpaired) electrons. The number of morpholine rings is 1. The van der Waals surface area contributed by atoms with Crippen molar-refractivity contribution >= 4 is 17.7 Å². The molecule has 4 aromatic rings. The van der Waals surface area contributed by atoms with Gasteiger partial charge in [0.05, 0.1) is 13.2 Å². The quantitative estimate of drug-likeness (QED) is 0.407. The van der Waals surface area contributed by atoms with Gasteiger partial charge in [-0.25, -0.2) is 0 Å². The van der Waals surface area contributed by atoms with Gasteiger partial charge in [0.1, 0.15) is 5.25 Å². The van der Waals surface area contributed by atoms with Crippen LogP contribution >= 0.6 is 11.8 Å². The molecule has 7 nitrogen and oxygen atoms in total. The van der Waals surface area contributed by atoms with E-state index < -0.39 is 5.25 Å². The Bertz CT molecular complexity index is 1200. The van der Waals surface area contributed by atoms with Crippen molar-refractivity contribution in [3.8, 4) is 17.1 Å². The molecule has 0 saturated carbocycles. The van der Waals surface area contributed by atoms with Gasteiger partial charge in [0.2, 0.25) is 5.91 Å². The Hall–Kier alpha value is -3.49. The first-order chi connectivity index (χ1) is 16.3. The topological polar surface area (TPSA) is 73.1 Å². The Balaban J connectivity index is 1.57. The summed E-state index contributed by atoms with van der Waals surface area (Å²) in [7, 11) is 0. The van der Waals surface area contributed by atoms with Crippen LogP contribution in [-0.4, -0.2) is 56.9 Å². The lowest BCUT2D eigenvalue weighted by atomic mass is 10.1. The Morgan fingerprint density at radius 3 is 2.33 bits per heavy atom. The SMILES string of the molecule is O=C(C(Sc1nnc(-c2cccnc2)n1-c1ccccc1)c1ccccc1)N1CCOCC1. The minimum atomic E-state index is -0.447. The number of para-hydroxylation sites is 1. The first-order valence-electron chi connectivity index (χ1n) is 10.8. The maximum Gasteiger partial charge on any atom is 0.240 e. The monoisotopic (exact) mass is 457 g/mol. The standard InChI is InChI=1S/C25H23N5O2S/c31-24(29-14-16-32-17-15-29)22(19-8-3-1-4-9-19)33-25-28-27-23(20-10-7-13-26-18-20)30(25)21-11-5-2-6-12-21/h1-13,18,22H,14-17H2. The van der Waals surface area contributed by atoms with Gasteiger partial charge in [-0.15, -0.1) is 10.2 Å². The van der Waals surface area contributed by atoms with E-state index in [0.29, 0.717) is 37.3 Å². The number of nitrogens with zero attached hydrogens (tertiary/aromatic N) is 5. The molecule has 8 heteroatoms. The van der Waals surface area contributed by atoms with Crippen LogP contribution < -0.4 is 0 Å². The minimum absolute atomic E-state index is 0.0556. The number of hydrogen-bond acceptors (Lipinski definition) is 6. The van der Waals surface area contributed by atoms with Gasteiger partial charge in [-0.2, -0.15) is 0 Å². The van der Waals surface area contributed by atoms with E-state index in [1.807, 2.05) is 82.3 Å². The summed E-state index contributed by atoms with van der Waals surface area (Å²) in [5.41, 5.74) is 2.72. The highest BCUT2D eigenvalue weighted by molar-refractivity contribution is 8.00. The fourth-order valence-corrected chi connectivity index (χ4v) is 4.92. The molecule has 0 bridgehead atoms. The van der Waals surface area contributed by atoms with E-state index in [1.165, 1.54) is 11.8 Å². The second-order valence-corrected chi connectivity index (χ2v) is 8.64. The lowest BCUT2D eigenvalue weighted by Crippen LogP contribution is -2.42. The maximum atomic E-state index is 13.6. The van der Waals surface area contributed by atoms with Gasteiger partial charge in [-0.05, 0) is 29.8 Å². The second-order valence-electron chi connectivity index (χ2n) is 7.57. The highest BCUT2D eigenvalue weighted by Gasteiger charge is 2.30. The summed E-state index contributed by atoms with van der Waals surface area (Å²) in [6.07, 6.45) is 3.50. The second kappa shape index (κ2) is 9.97. The number of amides is 1. The zero-order chi connectivity index (χ0) is 22.5. The molecule has 5 rings (SSSR count). The van der Waals surface area contributed by atoms with Gasteiger partial charge in [0, 0.05) is 36.7 Å². The number of pyridine rings is 1. The van der Waals surface area contributed by atoms with E-state index in [0.717, 1.165) is 16.8 Å². The zero-order valence-corrected chi connectivity index (χ0v) is 18.8. The van der Waals surface area contributed by atoms with Gasteiger partial charge in [-0.3, -0.25) is 14.3 Å².